The highest BCUT2D eigenvalue weighted by Crippen LogP contribution is 2.29. The Kier molecular flexibility index (Phi) is 5.34. The van der Waals surface area contributed by atoms with Gasteiger partial charge in [0.15, 0.2) is 0 Å². The number of carbonyl (C=O) groups is 1. The van der Waals surface area contributed by atoms with Crippen molar-refractivity contribution in [2.75, 3.05) is 19.6 Å². The van der Waals surface area contributed by atoms with Crippen LogP contribution in [0.2, 0.25) is 0 Å². The summed E-state index contributed by atoms with van der Waals surface area (Å²) in [6.07, 6.45) is 4.79. The Morgan fingerprint density at radius 2 is 1.81 bits per heavy atom. The summed E-state index contributed by atoms with van der Waals surface area (Å²) in [6.45, 7) is 1.88. The molecule has 1 aromatic carbocycles. The second kappa shape index (κ2) is 7.73. The molecule has 2 aliphatic rings. The molecule has 0 bridgehead atoms. The highest BCUT2D eigenvalue weighted by molar-refractivity contribution is 7.89. The van der Waals surface area contributed by atoms with E-state index in [2.05, 4.69) is 11.4 Å². The molecule has 4 rings (SSSR count). The monoisotopic (exact) mass is 404 g/mol. The third-order valence-electron chi connectivity index (χ3n) is 5.23. The fourth-order valence-electron chi connectivity index (χ4n) is 3.53. The van der Waals surface area contributed by atoms with Crippen molar-refractivity contribution < 1.29 is 13.2 Å². The SMILES string of the molecule is O=C(c1ccc(S(=O)(=O)N2CCCC2)cc1)N(CCc1cccs1)C1CC1. The van der Waals surface area contributed by atoms with Crippen molar-refractivity contribution in [2.45, 2.75) is 43.0 Å². The largest absolute Gasteiger partial charge is 0.335 e. The molecule has 0 spiro atoms. The van der Waals surface area contributed by atoms with Crippen molar-refractivity contribution in [3.63, 3.8) is 0 Å². The van der Waals surface area contributed by atoms with Crippen LogP contribution in [-0.2, 0) is 16.4 Å². The highest BCUT2D eigenvalue weighted by Gasteiger charge is 2.33. The summed E-state index contributed by atoms with van der Waals surface area (Å²) >= 11 is 1.71. The van der Waals surface area contributed by atoms with Crippen molar-refractivity contribution >= 4 is 27.3 Å². The van der Waals surface area contributed by atoms with Crippen molar-refractivity contribution in [2.24, 2.45) is 0 Å². The molecular weight excluding hydrogens is 380 g/mol. The van der Waals surface area contributed by atoms with Crippen LogP contribution in [-0.4, -0.2) is 49.2 Å². The average molecular weight is 405 g/mol. The molecule has 144 valence electrons. The van der Waals surface area contributed by atoms with Gasteiger partial charge in [0.05, 0.1) is 4.90 Å². The zero-order valence-electron chi connectivity index (χ0n) is 15.2. The van der Waals surface area contributed by atoms with E-state index in [0.29, 0.717) is 31.2 Å². The number of sulfonamides is 1. The van der Waals surface area contributed by atoms with E-state index in [9.17, 15) is 13.2 Å². The predicted octanol–water partition coefficient (Wildman–Crippen LogP) is 3.38. The van der Waals surface area contributed by atoms with Gasteiger partial charge in [0.2, 0.25) is 10.0 Å². The Morgan fingerprint density at radius 1 is 1.11 bits per heavy atom. The van der Waals surface area contributed by atoms with Crippen molar-refractivity contribution in [3.8, 4) is 0 Å². The minimum absolute atomic E-state index is 0.000762. The van der Waals surface area contributed by atoms with Crippen LogP contribution in [0.5, 0.6) is 0 Å². The van der Waals surface area contributed by atoms with Crippen LogP contribution in [0.15, 0.2) is 46.7 Å². The maximum atomic E-state index is 13.0. The molecule has 1 aliphatic heterocycles. The lowest BCUT2D eigenvalue weighted by Gasteiger charge is -2.22. The maximum Gasteiger partial charge on any atom is 0.254 e. The second-order valence-corrected chi connectivity index (χ2v) is 10.2. The Bertz CT molecular complexity index is 882. The fraction of sp³-hybridized carbons (Fsp3) is 0.450. The van der Waals surface area contributed by atoms with Crippen LogP contribution in [0.1, 0.15) is 40.9 Å². The molecule has 2 aromatic rings. The first-order valence-corrected chi connectivity index (χ1v) is 11.8. The number of benzene rings is 1. The van der Waals surface area contributed by atoms with E-state index in [1.807, 2.05) is 11.0 Å². The summed E-state index contributed by atoms with van der Waals surface area (Å²) in [5.74, 6) is -0.000762. The summed E-state index contributed by atoms with van der Waals surface area (Å²) in [5, 5.41) is 2.05. The van der Waals surface area contributed by atoms with Crippen LogP contribution in [0.4, 0.5) is 0 Å². The zero-order chi connectivity index (χ0) is 18.9. The van der Waals surface area contributed by atoms with Gasteiger partial charge < -0.3 is 4.90 Å². The number of hydrogen-bond acceptors (Lipinski definition) is 4. The lowest BCUT2D eigenvalue weighted by atomic mass is 10.2. The van der Waals surface area contributed by atoms with Crippen LogP contribution < -0.4 is 0 Å². The molecule has 27 heavy (non-hydrogen) atoms. The first-order chi connectivity index (χ1) is 13.1. The summed E-state index contributed by atoms with van der Waals surface area (Å²) in [6, 6.07) is 10.9. The number of nitrogens with zero attached hydrogens (tertiary/aromatic N) is 2. The zero-order valence-corrected chi connectivity index (χ0v) is 16.8. The summed E-state index contributed by atoms with van der Waals surface area (Å²) in [4.78, 5) is 16.5. The molecule has 0 radical (unpaired) electrons. The topological polar surface area (TPSA) is 57.7 Å². The highest BCUT2D eigenvalue weighted by atomic mass is 32.2. The third kappa shape index (κ3) is 4.10. The Balaban J connectivity index is 1.47. The van der Waals surface area contributed by atoms with Crippen LogP contribution in [0.25, 0.3) is 0 Å². The molecule has 2 heterocycles. The molecule has 5 nitrogen and oxygen atoms in total. The Morgan fingerprint density at radius 3 is 2.41 bits per heavy atom. The van der Waals surface area contributed by atoms with Crippen molar-refractivity contribution in [1.29, 1.82) is 0 Å². The van der Waals surface area contributed by atoms with Gasteiger partial charge in [-0.15, -0.1) is 11.3 Å². The van der Waals surface area contributed by atoms with Gasteiger partial charge >= 0.3 is 0 Å². The number of rotatable bonds is 7. The van der Waals surface area contributed by atoms with E-state index in [-0.39, 0.29) is 10.8 Å². The average Bonchev–Trinajstić information content (AvgIpc) is 3.14. The van der Waals surface area contributed by atoms with Gasteiger partial charge in [-0.25, -0.2) is 8.42 Å². The molecule has 7 heteroatoms. The Labute approximate surface area is 164 Å². The standard InChI is InChI=1S/C20H24N2O3S2/c23-20(22(17-7-8-17)14-11-18-4-3-15-26-18)16-5-9-19(10-6-16)27(24,25)21-12-1-2-13-21/h3-6,9-10,15,17H,1-2,7-8,11-14H2. The minimum Gasteiger partial charge on any atom is -0.335 e. The minimum atomic E-state index is -3.44. The summed E-state index contributed by atoms with van der Waals surface area (Å²) in [7, 11) is -3.44. The normalized spacial score (nSPS) is 17.9. The van der Waals surface area contributed by atoms with E-state index in [1.54, 1.807) is 35.6 Å². The van der Waals surface area contributed by atoms with Gasteiger partial charge in [-0.1, -0.05) is 6.07 Å². The van der Waals surface area contributed by atoms with Gasteiger partial charge in [-0.2, -0.15) is 4.31 Å². The van der Waals surface area contributed by atoms with Crippen LogP contribution in [0.3, 0.4) is 0 Å². The van der Waals surface area contributed by atoms with E-state index in [4.69, 9.17) is 0 Å². The van der Waals surface area contributed by atoms with E-state index in [1.165, 1.54) is 9.18 Å². The molecule has 1 saturated heterocycles. The van der Waals surface area contributed by atoms with Gasteiger partial charge in [0, 0.05) is 36.1 Å². The molecule has 1 aliphatic carbocycles. The third-order valence-corrected chi connectivity index (χ3v) is 8.08. The van der Waals surface area contributed by atoms with E-state index >= 15 is 0 Å². The van der Waals surface area contributed by atoms with Gasteiger partial charge in [-0.05, 0) is 67.8 Å². The molecule has 1 amide bonds. The molecule has 0 N–H and O–H groups in total. The molecular formula is C20H24N2O3S2. The molecule has 1 saturated carbocycles. The molecule has 0 unspecified atom stereocenters. The first kappa shape index (κ1) is 18.7. The molecule has 1 aromatic heterocycles. The van der Waals surface area contributed by atoms with Crippen LogP contribution in [0, 0.1) is 0 Å². The predicted molar refractivity (Wildman–Crippen MR) is 107 cm³/mol. The first-order valence-electron chi connectivity index (χ1n) is 9.49. The number of thiophene rings is 1. The lowest BCUT2D eigenvalue weighted by Crippen LogP contribution is -2.35. The van der Waals surface area contributed by atoms with Gasteiger partial charge in [-0.3, -0.25) is 4.79 Å². The summed E-state index contributed by atoms with van der Waals surface area (Å²) < 4.78 is 26.8. The number of amides is 1. The fourth-order valence-corrected chi connectivity index (χ4v) is 5.75. The molecule has 2 fully saturated rings. The van der Waals surface area contributed by atoms with Crippen molar-refractivity contribution in [3.05, 3.63) is 52.2 Å². The second-order valence-electron chi connectivity index (χ2n) is 7.19. The Hall–Kier alpha value is -1.70. The maximum absolute atomic E-state index is 13.0. The van der Waals surface area contributed by atoms with Crippen LogP contribution >= 0.6 is 11.3 Å². The van der Waals surface area contributed by atoms with E-state index in [0.717, 1.165) is 32.1 Å². The van der Waals surface area contributed by atoms with Gasteiger partial charge in [0.1, 0.15) is 0 Å². The quantitative estimate of drug-likeness (QED) is 0.711. The summed E-state index contributed by atoms with van der Waals surface area (Å²) in [5.41, 5.74) is 0.563. The van der Waals surface area contributed by atoms with Gasteiger partial charge in [0.25, 0.3) is 5.91 Å². The number of hydrogen-bond donors (Lipinski definition) is 0. The molecule has 0 atom stereocenters. The smallest absolute Gasteiger partial charge is 0.254 e. The van der Waals surface area contributed by atoms with E-state index < -0.39 is 10.0 Å². The number of carbonyl (C=O) groups excluding carboxylic acids is 1. The lowest BCUT2D eigenvalue weighted by molar-refractivity contribution is 0.0745. The van der Waals surface area contributed by atoms with Crippen molar-refractivity contribution in [1.82, 2.24) is 9.21 Å².